The third-order valence-corrected chi connectivity index (χ3v) is 4.63. The first-order chi connectivity index (χ1) is 12.7. The van der Waals surface area contributed by atoms with E-state index in [2.05, 4.69) is 20.2 Å². The first-order valence-electron chi connectivity index (χ1n) is 8.58. The van der Waals surface area contributed by atoms with Gasteiger partial charge in [0.25, 0.3) is 0 Å². The maximum atomic E-state index is 13.8. The second-order valence-corrected chi connectivity index (χ2v) is 6.29. The maximum Gasteiger partial charge on any atom is 0.227 e. The van der Waals surface area contributed by atoms with Crippen molar-refractivity contribution in [2.24, 2.45) is 0 Å². The summed E-state index contributed by atoms with van der Waals surface area (Å²) in [6.45, 7) is 0.642. The first-order valence-corrected chi connectivity index (χ1v) is 8.58. The number of nitrogens with zero attached hydrogens (tertiary/aromatic N) is 4. The lowest BCUT2D eigenvalue weighted by Gasteiger charge is -2.23. The number of H-pyrrole nitrogens is 1. The fraction of sp³-hybridized carbons (Fsp3) is 0.263. The molecule has 0 radical (unpaired) electrons. The van der Waals surface area contributed by atoms with E-state index in [0.717, 1.165) is 18.4 Å². The smallest absolute Gasteiger partial charge is 0.227 e. The van der Waals surface area contributed by atoms with Gasteiger partial charge in [0.2, 0.25) is 5.91 Å². The van der Waals surface area contributed by atoms with Crippen LogP contribution in [-0.2, 0) is 11.2 Å². The zero-order chi connectivity index (χ0) is 17.9. The Kier molecular flexibility index (Phi) is 4.43. The van der Waals surface area contributed by atoms with Gasteiger partial charge in [-0.05, 0) is 36.6 Å². The summed E-state index contributed by atoms with van der Waals surface area (Å²) in [6, 6.07) is 9.90. The zero-order valence-electron chi connectivity index (χ0n) is 14.1. The molecule has 1 fully saturated rings. The number of aromatic amines is 1. The van der Waals surface area contributed by atoms with Crippen LogP contribution < -0.4 is 0 Å². The third kappa shape index (κ3) is 3.20. The van der Waals surface area contributed by atoms with Gasteiger partial charge in [-0.15, -0.1) is 0 Å². The van der Waals surface area contributed by atoms with E-state index in [9.17, 15) is 9.18 Å². The van der Waals surface area contributed by atoms with Crippen LogP contribution in [-0.4, -0.2) is 37.5 Å². The summed E-state index contributed by atoms with van der Waals surface area (Å²) in [5, 5.41) is 7.22. The molecule has 4 rings (SSSR count). The molecule has 1 aliphatic heterocycles. The molecule has 1 aliphatic rings. The third-order valence-electron chi connectivity index (χ3n) is 4.63. The minimum Gasteiger partial charge on any atom is -0.332 e. The SMILES string of the molecule is O=C(Cc1ccccc1F)N1CCC[C@@H]1c1nc(-c2ccncc2)n[nH]1. The van der Waals surface area contributed by atoms with E-state index in [4.69, 9.17) is 0 Å². The molecule has 1 N–H and O–H groups in total. The molecule has 132 valence electrons. The van der Waals surface area contributed by atoms with Crippen molar-refractivity contribution in [3.8, 4) is 11.4 Å². The summed E-state index contributed by atoms with van der Waals surface area (Å²) >= 11 is 0. The van der Waals surface area contributed by atoms with Gasteiger partial charge in [0.05, 0.1) is 12.5 Å². The highest BCUT2D eigenvalue weighted by molar-refractivity contribution is 5.79. The second-order valence-electron chi connectivity index (χ2n) is 6.29. The van der Waals surface area contributed by atoms with Crippen LogP contribution in [0.15, 0.2) is 48.8 Å². The summed E-state index contributed by atoms with van der Waals surface area (Å²) in [4.78, 5) is 23.0. The number of aromatic nitrogens is 4. The Morgan fingerprint density at radius 2 is 2.04 bits per heavy atom. The van der Waals surface area contributed by atoms with Crippen LogP contribution >= 0.6 is 0 Å². The molecule has 2 aromatic heterocycles. The van der Waals surface area contributed by atoms with Crippen LogP contribution in [0.25, 0.3) is 11.4 Å². The van der Waals surface area contributed by atoms with Crippen LogP contribution in [0.5, 0.6) is 0 Å². The number of pyridine rings is 1. The lowest BCUT2D eigenvalue weighted by atomic mass is 10.1. The fourth-order valence-electron chi connectivity index (χ4n) is 3.31. The van der Waals surface area contributed by atoms with Gasteiger partial charge >= 0.3 is 0 Å². The lowest BCUT2D eigenvalue weighted by Crippen LogP contribution is -2.32. The molecule has 0 aliphatic carbocycles. The van der Waals surface area contributed by atoms with Crippen molar-refractivity contribution in [2.75, 3.05) is 6.54 Å². The van der Waals surface area contributed by atoms with Crippen molar-refractivity contribution in [1.82, 2.24) is 25.1 Å². The Bertz CT molecular complexity index is 911. The number of hydrogen-bond donors (Lipinski definition) is 1. The number of nitrogens with one attached hydrogen (secondary N) is 1. The number of benzene rings is 1. The van der Waals surface area contributed by atoms with Crippen molar-refractivity contribution in [3.63, 3.8) is 0 Å². The Morgan fingerprint density at radius 1 is 1.23 bits per heavy atom. The number of halogens is 1. The Morgan fingerprint density at radius 3 is 2.85 bits per heavy atom. The molecule has 1 atom stereocenters. The lowest BCUT2D eigenvalue weighted by molar-refractivity contribution is -0.131. The van der Waals surface area contributed by atoms with Crippen LogP contribution in [0.3, 0.4) is 0 Å². The number of rotatable bonds is 4. The van der Waals surface area contributed by atoms with Crippen molar-refractivity contribution in [3.05, 3.63) is 66.0 Å². The molecule has 1 aromatic carbocycles. The van der Waals surface area contributed by atoms with Gasteiger partial charge < -0.3 is 4.90 Å². The molecule has 0 bridgehead atoms. The van der Waals surface area contributed by atoms with Crippen molar-refractivity contribution < 1.29 is 9.18 Å². The largest absolute Gasteiger partial charge is 0.332 e. The standard InChI is InChI=1S/C19H18FN5O/c20-15-5-2-1-4-14(15)12-17(26)25-11-3-6-16(25)19-22-18(23-24-19)13-7-9-21-10-8-13/h1-2,4-5,7-10,16H,3,6,11-12H2,(H,22,23,24)/t16-/m1/s1. The quantitative estimate of drug-likeness (QED) is 0.784. The molecule has 3 aromatic rings. The Balaban J connectivity index is 1.53. The molecule has 1 amide bonds. The highest BCUT2D eigenvalue weighted by Crippen LogP contribution is 2.31. The van der Waals surface area contributed by atoms with Gasteiger partial charge in [0.15, 0.2) is 5.82 Å². The highest BCUT2D eigenvalue weighted by atomic mass is 19.1. The molecule has 3 heterocycles. The number of likely N-dealkylation sites (tertiary alicyclic amines) is 1. The average Bonchev–Trinajstić information content (AvgIpc) is 3.33. The maximum absolute atomic E-state index is 13.8. The summed E-state index contributed by atoms with van der Waals surface area (Å²) in [6.07, 6.45) is 5.12. The molecule has 26 heavy (non-hydrogen) atoms. The highest BCUT2D eigenvalue weighted by Gasteiger charge is 2.32. The molecule has 0 saturated carbocycles. The van der Waals surface area contributed by atoms with Gasteiger partial charge in [-0.25, -0.2) is 9.37 Å². The predicted octanol–water partition coefficient (Wildman–Crippen LogP) is 2.91. The fourth-order valence-corrected chi connectivity index (χ4v) is 3.31. The van der Waals surface area contributed by atoms with E-state index in [0.29, 0.717) is 23.8 Å². The van der Waals surface area contributed by atoms with Crippen LogP contribution in [0.4, 0.5) is 4.39 Å². The molecular formula is C19H18FN5O. The molecule has 7 heteroatoms. The second kappa shape index (κ2) is 7.03. The van der Waals surface area contributed by atoms with Crippen LogP contribution in [0.2, 0.25) is 0 Å². The topological polar surface area (TPSA) is 74.8 Å². The summed E-state index contributed by atoms with van der Waals surface area (Å²) in [5.74, 6) is 0.794. The molecule has 6 nitrogen and oxygen atoms in total. The summed E-state index contributed by atoms with van der Waals surface area (Å²) in [5.41, 5.74) is 1.28. The summed E-state index contributed by atoms with van der Waals surface area (Å²) < 4.78 is 13.8. The number of hydrogen-bond acceptors (Lipinski definition) is 4. The normalized spacial score (nSPS) is 16.8. The monoisotopic (exact) mass is 351 g/mol. The minimum atomic E-state index is -0.351. The van der Waals surface area contributed by atoms with Crippen LogP contribution in [0.1, 0.15) is 30.3 Å². The summed E-state index contributed by atoms with van der Waals surface area (Å²) in [7, 11) is 0. The molecular weight excluding hydrogens is 333 g/mol. The number of carbonyl (C=O) groups excluding carboxylic acids is 1. The van der Waals surface area contributed by atoms with Gasteiger partial charge in [-0.1, -0.05) is 18.2 Å². The van der Waals surface area contributed by atoms with E-state index in [1.165, 1.54) is 6.07 Å². The minimum absolute atomic E-state index is 0.0501. The Labute approximate surface area is 150 Å². The van der Waals surface area contributed by atoms with E-state index < -0.39 is 0 Å². The number of amides is 1. The molecule has 0 spiro atoms. The Hall–Kier alpha value is -3.09. The average molecular weight is 351 g/mol. The van der Waals surface area contributed by atoms with Crippen LogP contribution in [0, 0.1) is 5.82 Å². The van der Waals surface area contributed by atoms with Gasteiger partial charge in [-0.2, -0.15) is 5.10 Å². The van der Waals surface area contributed by atoms with E-state index in [1.807, 2.05) is 12.1 Å². The van der Waals surface area contributed by atoms with Crippen molar-refractivity contribution in [2.45, 2.75) is 25.3 Å². The van der Waals surface area contributed by atoms with E-state index in [1.54, 1.807) is 35.5 Å². The molecule has 1 saturated heterocycles. The van der Waals surface area contributed by atoms with Gasteiger partial charge in [-0.3, -0.25) is 14.9 Å². The number of carbonyl (C=O) groups is 1. The van der Waals surface area contributed by atoms with Crippen molar-refractivity contribution in [1.29, 1.82) is 0 Å². The first kappa shape index (κ1) is 16.4. The van der Waals surface area contributed by atoms with Gasteiger partial charge in [0, 0.05) is 24.5 Å². The molecule has 0 unspecified atom stereocenters. The predicted molar refractivity (Wildman–Crippen MR) is 93.4 cm³/mol. The van der Waals surface area contributed by atoms with Gasteiger partial charge in [0.1, 0.15) is 11.6 Å². The van der Waals surface area contributed by atoms with E-state index >= 15 is 0 Å². The van der Waals surface area contributed by atoms with E-state index in [-0.39, 0.29) is 24.2 Å². The zero-order valence-corrected chi connectivity index (χ0v) is 14.1. The van der Waals surface area contributed by atoms with Crippen molar-refractivity contribution >= 4 is 5.91 Å².